The van der Waals surface area contributed by atoms with Gasteiger partial charge in [0.05, 0.1) is 17.6 Å². The van der Waals surface area contributed by atoms with E-state index in [1.54, 1.807) is 23.7 Å². The Morgan fingerprint density at radius 3 is 3.00 bits per heavy atom. The van der Waals surface area contributed by atoms with Gasteiger partial charge in [0.15, 0.2) is 5.75 Å². The second-order valence-electron chi connectivity index (χ2n) is 5.97. The van der Waals surface area contributed by atoms with Gasteiger partial charge in [-0.1, -0.05) is 26.2 Å². The first-order valence-electron chi connectivity index (χ1n) is 8.42. The fraction of sp³-hybridized carbons (Fsp3) is 0.444. The number of pyridine rings is 1. The van der Waals surface area contributed by atoms with E-state index in [-0.39, 0.29) is 5.43 Å². The number of rotatable bonds is 8. The molecule has 3 aromatic rings. The van der Waals surface area contributed by atoms with Crippen molar-refractivity contribution in [2.24, 2.45) is 0 Å². The van der Waals surface area contributed by atoms with Gasteiger partial charge in [0, 0.05) is 24.2 Å². The summed E-state index contributed by atoms with van der Waals surface area (Å²) < 4.78 is 9.99. The molecule has 128 valence electrons. The molecule has 0 atom stereocenters. The molecule has 0 saturated heterocycles. The van der Waals surface area contributed by atoms with Crippen molar-refractivity contribution in [1.82, 2.24) is 14.0 Å². The molecule has 0 amide bonds. The van der Waals surface area contributed by atoms with Crippen LogP contribution >= 0.6 is 11.3 Å². The number of imidazole rings is 1. The molecule has 0 saturated carbocycles. The van der Waals surface area contributed by atoms with Crippen LogP contribution in [0.5, 0.6) is 5.75 Å². The summed E-state index contributed by atoms with van der Waals surface area (Å²) in [6.07, 6.45) is 10.3. The number of unbranched alkanes of at least 4 members (excludes halogenated alkanes) is 3. The standard InChI is InChI=1S/C18H23N3O2S/c1-3-4-5-6-8-20-9-7-16(22)18(14(20)2)23-11-15-12-24-17-10-19-13-21(15)17/h7,9-10,12-13H,3-6,8,11H2,1-2H3. The summed E-state index contributed by atoms with van der Waals surface area (Å²) in [5, 5.41) is 2.04. The van der Waals surface area contributed by atoms with Gasteiger partial charge in [-0.3, -0.25) is 9.20 Å². The van der Waals surface area contributed by atoms with Gasteiger partial charge >= 0.3 is 0 Å². The molecule has 3 aromatic heterocycles. The van der Waals surface area contributed by atoms with E-state index in [0.717, 1.165) is 29.2 Å². The van der Waals surface area contributed by atoms with Gasteiger partial charge in [-0.2, -0.15) is 0 Å². The average Bonchev–Trinajstić information content (AvgIpc) is 3.17. The second kappa shape index (κ2) is 7.66. The Kier molecular flexibility index (Phi) is 5.35. The predicted octanol–water partition coefficient (Wildman–Crippen LogP) is 4.03. The molecular weight excluding hydrogens is 322 g/mol. The summed E-state index contributed by atoms with van der Waals surface area (Å²) in [6, 6.07) is 1.60. The molecule has 3 rings (SSSR count). The van der Waals surface area contributed by atoms with Crippen LogP contribution in [0.25, 0.3) is 4.83 Å². The molecule has 6 heteroatoms. The first kappa shape index (κ1) is 16.8. The van der Waals surface area contributed by atoms with Crippen molar-refractivity contribution in [3.63, 3.8) is 0 Å². The average molecular weight is 345 g/mol. The highest BCUT2D eigenvalue weighted by molar-refractivity contribution is 7.15. The SMILES string of the molecule is CCCCCCn1ccc(=O)c(OCc2csc3cncn23)c1C. The number of fused-ring (bicyclic) bond motifs is 1. The lowest BCUT2D eigenvalue weighted by Gasteiger charge is -2.14. The molecule has 0 fully saturated rings. The normalized spacial score (nSPS) is 11.2. The van der Waals surface area contributed by atoms with E-state index in [1.807, 2.05) is 29.1 Å². The maximum Gasteiger partial charge on any atom is 0.223 e. The lowest BCUT2D eigenvalue weighted by atomic mass is 10.2. The lowest BCUT2D eigenvalue weighted by Crippen LogP contribution is -2.15. The zero-order valence-electron chi connectivity index (χ0n) is 14.2. The van der Waals surface area contributed by atoms with Crippen LogP contribution in [-0.4, -0.2) is 14.0 Å². The molecule has 0 spiro atoms. The zero-order chi connectivity index (χ0) is 16.9. The second-order valence-corrected chi connectivity index (χ2v) is 6.86. The number of aromatic nitrogens is 3. The smallest absolute Gasteiger partial charge is 0.223 e. The first-order valence-corrected chi connectivity index (χ1v) is 9.30. The Morgan fingerprint density at radius 1 is 1.29 bits per heavy atom. The van der Waals surface area contributed by atoms with Crippen molar-refractivity contribution < 1.29 is 4.74 Å². The quantitative estimate of drug-likeness (QED) is 0.579. The van der Waals surface area contributed by atoms with Crippen molar-refractivity contribution in [2.45, 2.75) is 52.7 Å². The van der Waals surface area contributed by atoms with E-state index in [1.165, 1.54) is 19.3 Å². The van der Waals surface area contributed by atoms with E-state index < -0.39 is 0 Å². The van der Waals surface area contributed by atoms with Crippen molar-refractivity contribution in [3.8, 4) is 5.75 Å². The van der Waals surface area contributed by atoms with E-state index in [4.69, 9.17) is 4.74 Å². The summed E-state index contributed by atoms with van der Waals surface area (Å²) >= 11 is 1.62. The van der Waals surface area contributed by atoms with Gasteiger partial charge in [-0.25, -0.2) is 4.98 Å². The molecule has 0 aliphatic heterocycles. The number of hydrogen-bond acceptors (Lipinski definition) is 4. The Bertz CT molecular complexity index is 863. The van der Waals surface area contributed by atoms with Crippen molar-refractivity contribution in [1.29, 1.82) is 0 Å². The molecule has 0 N–H and O–H groups in total. The number of ether oxygens (including phenoxy) is 1. The van der Waals surface area contributed by atoms with Crippen LogP contribution in [0.1, 0.15) is 44.0 Å². The monoisotopic (exact) mass is 345 g/mol. The number of hydrogen-bond donors (Lipinski definition) is 0. The molecule has 24 heavy (non-hydrogen) atoms. The maximum absolute atomic E-state index is 12.2. The topological polar surface area (TPSA) is 48.5 Å². The minimum atomic E-state index is -0.0607. The zero-order valence-corrected chi connectivity index (χ0v) is 15.0. The van der Waals surface area contributed by atoms with Gasteiger partial charge in [0.2, 0.25) is 5.43 Å². The predicted molar refractivity (Wildman–Crippen MR) is 97.0 cm³/mol. The van der Waals surface area contributed by atoms with Crippen LogP contribution < -0.4 is 10.2 Å². The third-order valence-electron chi connectivity index (χ3n) is 4.24. The van der Waals surface area contributed by atoms with E-state index in [2.05, 4.69) is 16.5 Å². The summed E-state index contributed by atoms with van der Waals surface area (Å²) in [4.78, 5) is 17.4. The van der Waals surface area contributed by atoms with Gasteiger partial charge in [-0.15, -0.1) is 11.3 Å². The number of thiazole rings is 1. The number of aryl methyl sites for hydroxylation is 1. The molecular formula is C18H23N3O2S. The van der Waals surface area contributed by atoms with Gasteiger partial charge in [0.25, 0.3) is 0 Å². The van der Waals surface area contributed by atoms with E-state index >= 15 is 0 Å². The molecule has 0 aliphatic rings. The van der Waals surface area contributed by atoms with Crippen LogP contribution in [0.4, 0.5) is 0 Å². The first-order chi connectivity index (χ1) is 11.7. The maximum atomic E-state index is 12.2. The number of nitrogens with zero attached hydrogens (tertiary/aromatic N) is 3. The van der Waals surface area contributed by atoms with Crippen LogP contribution in [-0.2, 0) is 13.2 Å². The molecule has 0 aromatic carbocycles. The summed E-state index contributed by atoms with van der Waals surface area (Å²) in [7, 11) is 0. The fourth-order valence-corrected chi connectivity index (χ4v) is 3.64. The highest BCUT2D eigenvalue weighted by atomic mass is 32.1. The summed E-state index contributed by atoms with van der Waals surface area (Å²) in [5.74, 6) is 0.451. The van der Waals surface area contributed by atoms with Crippen molar-refractivity contribution in [3.05, 3.63) is 51.8 Å². The molecule has 3 heterocycles. The largest absolute Gasteiger partial charge is 0.481 e. The lowest BCUT2D eigenvalue weighted by molar-refractivity contribution is 0.291. The minimum Gasteiger partial charge on any atom is -0.481 e. The third-order valence-corrected chi connectivity index (χ3v) is 5.17. The Labute approximate surface area is 145 Å². The Morgan fingerprint density at radius 2 is 2.17 bits per heavy atom. The van der Waals surface area contributed by atoms with E-state index in [0.29, 0.717) is 12.4 Å². The van der Waals surface area contributed by atoms with Crippen LogP contribution in [0.2, 0.25) is 0 Å². The molecule has 0 aliphatic carbocycles. The highest BCUT2D eigenvalue weighted by Gasteiger charge is 2.11. The third kappa shape index (κ3) is 3.53. The van der Waals surface area contributed by atoms with Gasteiger partial charge < -0.3 is 9.30 Å². The molecule has 0 radical (unpaired) electrons. The summed E-state index contributed by atoms with van der Waals surface area (Å²) in [6.45, 7) is 5.45. The van der Waals surface area contributed by atoms with Crippen molar-refractivity contribution in [2.75, 3.05) is 0 Å². The van der Waals surface area contributed by atoms with E-state index in [9.17, 15) is 4.79 Å². The fourth-order valence-electron chi connectivity index (χ4n) is 2.80. The molecule has 5 nitrogen and oxygen atoms in total. The Hall–Kier alpha value is -2.08. The van der Waals surface area contributed by atoms with Crippen LogP contribution in [0.15, 0.2) is 35.0 Å². The van der Waals surface area contributed by atoms with Crippen LogP contribution in [0, 0.1) is 6.92 Å². The highest BCUT2D eigenvalue weighted by Crippen LogP contribution is 2.19. The van der Waals surface area contributed by atoms with Crippen molar-refractivity contribution >= 4 is 16.2 Å². The van der Waals surface area contributed by atoms with Gasteiger partial charge in [0.1, 0.15) is 17.8 Å². The summed E-state index contributed by atoms with van der Waals surface area (Å²) in [5.41, 5.74) is 1.84. The minimum absolute atomic E-state index is 0.0607. The van der Waals surface area contributed by atoms with Gasteiger partial charge in [-0.05, 0) is 13.3 Å². The Balaban J connectivity index is 1.72. The molecule has 0 unspecified atom stereocenters. The van der Waals surface area contributed by atoms with Crippen LogP contribution in [0.3, 0.4) is 0 Å². The molecule has 0 bridgehead atoms.